The van der Waals surface area contributed by atoms with Crippen LogP contribution in [-0.2, 0) is 20.9 Å². The number of carbonyl (C=O) groups is 2. The summed E-state index contributed by atoms with van der Waals surface area (Å²) >= 11 is 1.33. The molecule has 0 heterocycles. The number of allylic oxidation sites excluding steroid dienone is 3. The van der Waals surface area contributed by atoms with Crippen LogP contribution in [0.15, 0.2) is 65.2 Å². The Morgan fingerprint density at radius 1 is 1.31 bits per heavy atom. The van der Waals surface area contributed by atoms with Crippen molar-refractivity contribution in [1.29, 1.82) is 0 Å². The first-order chi connectivity index (χ1) is 12.6. The van der Waals surface area contributed by atoms with Crippen LogP contribution in [0.2, 0.25) is 0 Å². The van der Waals surface area contributed by atoms with Crippen LogP contribution >= 0.6 is 11.8 Å². The molecule has 0 aliphatic carbocycles. The number of methoxy groups -OCH3 is 1. The molecule has 1 amide bonds. The van der Waals surface area contributed by atoms with Gasteiger partial charge in [-0.15, -0.1) is 11.8 Å². The van der Waals surface area contributed by atoms with E-state index in [9.17, 15) is 9.59 Å². The lowest BCUT2D eigenvalue weighted by molar-refractivity contribution is -0.136. The number of thioether (sulfide) groups is 1. The number of nitrogens with one attached hydrogen (secondary N) is 1. The first kappa shape index (κ1) is 21.5. The van der Waals surface area contributed by atoms with Crippen LogP contribution < -0.4 is 11.1 Å². The number of ether oxygens (including phenoxy) is 2. The summed E-state index contributed by atoms with van der Waals surface area (Å²) in [7, 11) is 1.24. The number of hydrogen-bond donors (Lipinski definition) is 2. The van der Waals surface area contributed by atoms with Gasteiger partial charge in [0.25, 0.3) is 0 Å². The number of nitrogens with two attached hydrogens (primary N) is 1. The average Bonchev–Trinajstić information content (AvgIpc) is 2.68. The van der Waals surface area contributed by atoms with Crippen LogP contribution in [-0.4, -0.2) is 31.5 Å². The van der Waals surface area contributed by atoms with Gasteiger partial charge in [0.1, 0.15) is 12.3 Å². The van der Waals surface area contributed by atoms with Crippen molar-refractivity contribution in [2.24, 2.45) is 5.73 Å². The van der Waals surface area contributed by atoms with E-state index < -0.39 is 12.1 Å². The van der Waals surface area contributed by atoms with Gasteiger partial charge in [-0.2, -0.15) is 0 Å². The summed E-state index contributed by atoms with van der Waals surface area (Å²) in [6, 6.07) is 9.24. The van der Waals surface area contributed by atoms with E-state index in [1.807, 2.05) is 37.3 Å². The fourth-order valence-corrected chi connectivity index (χ4v) is 2.93. The molecule has 0 aliphatic heterocycles. The Morgan fingerprint density at radius 3 is 2.54 bits per heavy atom. The molecule has 1 aromatic rings. The van der Waals surface area contributed by atoms with E-state index in [0.29, 0.717) is 22.8 Å². The highest BCUT2D eigenvalue weighted by atomic mass is 32.2. The van der Waals surface area contributed by atoms with Crippen LogP contribution in [0, 0.1) is 0 Å². The van der Waals surface area contributed by atoms with Gasteiger partial charge >= 0.3 is 12.1 Å². The van der Waals surface area contributed by atoms with E-state index in [2.05, 4.69) is 11.9 Å². The molecule has 0 aliphatic rings. The maximum atomic E-state index is 12.2. The number of benzene rings is 1. The molecule has 0 saturated heterocycles. The lowest BCUT2D eigenvalue weighted by atomic mass is 10.2. The molecule has 0 fully saturated rings. The molecular formula is C19H24N2O4S. The fraction of sp³-hybridized carbons (Fsp3) is 0.263. The normalized spacial score (nSPS) is 12.0. The first-order valence-electron chi connectivity index (χ1n) is 7.99. The van der Waals surface area contributed by atoms with Crippen LogP contribution in [0.4, 0.5) is 4.79 Å². The van der Waals surface area contributed by atoms with Crippen LogP contribution in [0.5, 0.6) is 0 Å². The summed E-state index contributed by atoms with van der Waals surface area (Å²) in [6.07, 6.45) is 2.63. The Bertz CT molecular complexity index is 684. The molecule has 3 N–H and O–H groups in total. The second kappa shape index (κ2) is 11.9. The number of hydrogen-bond acceptors (Lipinski definition) is 6. The fourth-order valence-electron chi connectivity index (χ4n) is 1.97. The van der Waals surface area contributed by atoms with Gasteiger partial charge in [0.2, 0.25) is 0 Å². The van der Waals surface area contributed by atoms with E-state index in [0.717, 1.165) is 5.56 Å². The van der Waals surface area contributed by atoms with Crippen molar-refractivity contribution in [2.45, 2.75) is 13.5 Å². The smallest absolute Gasteiger partial charge is 0.412 e. The molecule has 140 valence electrons. The number of alkyl carbamates (subject to hydrolysis) is 1. The average molecular weight is 376 g/mol. The Morgan fingerprint density at radius 2 is 2.00 bits per heavy atom. The zero-order valence-corrected chi connectivity index (χ0v) is 15.8. The van der Waals surface area contributed by atoms with Crippen molar-refractivity contribution in [3.8, 4) is 0 Å². The van der Waals surface area contributed by atoms with Crippen molar-refractivity contribution in [3.63, 3.8) is 0 Å². The molecule has 1 aromatic carbocycles. The zero-order chi connectivity index (χ0) is 19.4. The van der Waals surface area contributed by atoms with Crippen LogP contribution in [0.1, 0.15) is 12.5 Å². The Labute approximate surface area is 158 Å². The molecule has 0 saturated carbocycles. The van der Waals surface area contributed by atoms with Crippen LogP contribution in [0.25, 0.3) is 0 Å². The third kappa shape index (κ3) is 6.78. The molecule has 6 nitrogen and oxygen atoms in total. The molecule has 1 rings (SSSR count). The van der Waals surface area contributed by atoms with Gasteiger partial charge in [0, 0.05) is 17.2 Å². The van der Waals surface area contributed by atoms with E-state index in [1.165, 1.54) is 18.9 Å². The van der Waals surface area contributed by atoms with Crippen LogP contribution in [0.3, 0.4) is 0 Å². The highest BCUT2D eigenvalue weighted by Gasteiger charge is 2.21. The maximum Gasteiger partial charge on any atom is 0.412 e. The van der Waals surface area contributed by atoms with Gasteiger partial charge in [-0.3, -0.25) is 5.32 Å². The molecule has 0 spiro atoms. The maximum absolute atomic E-state index is 12.2. The van der Waals surface area contributed by atoms with Gasteiger partial charge in [0.15, 0.2) is 0 Å². The Balaban J connectivity index is 3.03. The van der Waals surface area contributed by atoms with Gasteiger partial charge in [-0.05, 0) is 18.1 Å². The SMILES string of the molecule is C=CC(=C\C)/C(SCCN)=C(\NC(=O)OCc1ccccc1)C(=O)OC. The largest absolute Gasteiger partial charge is 0.464 e. The van der Waals surface area contributed by atoms with E-state index in [-0.39, 0.29) is 12.3 Å². The summed E-state index contributed by atoms with van der Waals surface area (Å²) in [6.45, 7) is 6.05. The Kier molecular flexibility index (Phi) is 9.89. The van der Waals surface area contributed by atoms with E-state index >= 15 is 0 Å². The molecule has 0 aromatic heterocycles. The highest BCUT2D eigenvalue weighted by molar-refractivity contribution is 8.03. The lowest BCUT2D eigenvalue weighted by Gasteiger charge is -2.15. The van der Waals surface area contributed by atoms with Gasteiger partial charge in [-0.1, -0.05) is 49.1 Å². The molecule has 26 heavy (non-hydrogen) atoms. The lowest BCUT2D eigenvalue weighted by Crippen LogP contribution is -2.30. The predicted molar refractivity (Wildman–Crippen MR) is 104 cm³/mol. The first-order valence-corrected chi connectivity index (χ1v) is 8.98. The second-order valence-corrected chi connectivity index (χ2v) is 6.07. The third-order valence-electron chi connectivity index (χ3n) is 3.21. The minimum Gasteiger partial charge on any atom is -0.464 e. The topological polar surface area (TPSA) is 90.6 Å². The van der Waals surface area contributed by atoms with Crippen molar-refractivity contribution in [3.05, 3.63) is 70.8 Å². The summed E-state index contributed by atoms with van der Waals surface area (Å²) in [5, 5.41) is 2.49. The minimum absolute atomic E-state index is 0.00277. The van der Waals surface area contributed by atoms with Crippen molar-refractivity contribution in [2.75, 3.05) is 19.4 Å². The van der Waals surface area contributed by atoms with Gasteiger partial charge in [-0.25, -0.2) is 9.59 Å². The number of esters is 1. The van der Waals surface area contributed by atoms with Crippen molar-refractivity contribution in [1.82, 2.24) is 5.32 Å². The molecule has 0 atom stereocenters. The number of carbonyl (C=O) groups excluding carboxylic acids is 2. The van der Waals surface area contributed by atoms with Crippen molar-refractivity contribution < 1.29 is 19.1 Å². The standard InChI is InChI=1S/C19H24N2O4S/c1-4-15(5-2)17(26-12-11-20)16(18(22)24-3)21-19(23)25-13-14-9-7-6-8-10-14/h4-10H,1,11-13,20H2,2-3H3,(H,21,23)/b15-5+,17-16+. The molecular weight excluding hydrogens is 352 g/mol. The van der Waals surface area contributed by atoms with E-state index in [1.54, 1.807) is 12.2 Å². The van der Waals surface area contributed by atoms with Gasteiger partial charge in [0.05, 0.1) is 7.11 Å². The number of amides is 1. The monoisotopic (exact) mass is 376 g/mol. The molecule has 0 unspecified atom stereocenters. The zero-order valence-electron chi connectivity index (χ0n) is 15.0. The molecule has 7 heteroatoms. The van der Waals surface area contributed by atoms with E-state index in [4.69, 9.17) is 15.2 Å². The van der Waals surface area contributed by atoms with Crippen molar-refractivity contribution >= 4 is 23.8 Å². The quantitative estimate of drug-likeness (QED) is 0.391. The summed E-state index contributed by atoms with van der Waals surface area (Å²) in [5.74, 6) is -0.121. The molecule has 0 radical (unpaired) electrons. The van der Waals surface area contributed by atoms with Gasteiger partial charge < -0.3 is 15.2 Å². The summed E-state index contributed by atoms with van der Waals surface area (Å²) < 4.78 is 9.99. The summed E-state index contributed by atoms with van der Waals surface area (Å²) in [4.78, 5) is 24.9. The minimum atomic E-state index is -0.750. The Hall–Kier alpha value is -2.51. The summed E-state index contributed by atoms with van der Waals surface area (Å²) in [5.41, 5.74) is 7.09. The molecule has 0 bridgehead atoms. The third-order valence-corrected chi connectivity index (χ3v) is 4.38. The number of rotatable bonds is 9. The second-order valence-electron chi connectivity index (χ2n) is 4.97. The highest BCUT2D eigenvalue weighted by Crippen LogP contribution is 2.28. The predicted octanol–water partition coefficient (Wildman–Crippen LogP) is 3.12.